The highest BCUT2D eigenvalue weighted by Crippen LogP contribution is 2.28. The Kier molecular flexibility index (Phi) is 7.24. The molecule has 0 N–H and O–H groups in total. The SMILES string of the molecule is CC(C)OCCCn1c(SCc2nnc(-c3ccccc3Cl)o2)nc2ccccc2c1=O. The number of aromatic nitrogens is 4. The van der Waals surface area contributed by atoms with E-state index in [1.807, 2.05) is 50.2 Å². The van der Waals surface area contributed by atoms with E-state index in [0.29, 0.717) is 63.8 Å². The third-order valence-electron chi connectivity index (χ3n) is 4.70. The van der Waals surface area contributed by atoms with Gasteiger partial charge in [-0.05, 0) is 44.5 Å². The van der Waals surface area contributed by atoms with E-state index in [1.165, 1.54) is 11.8 Å². The molecule has 0 aliphatic carbocycles. The van der Waals surface area contributed by atoms with E-state index in [4.69, 9.17) is 25.7 Å². The Labute approximate surface area is 194 Å². The Morgan fingerprint density at radius 1 is 1.12 bits per heavy atom. The molecule has 32 heavy (non-hydrogen) atoms. The molecule has 4 rings (SSSR count). The Balaban J connectivity index is 1.56. The van der Waals surface area contributed by atoms with Crippen molar-refractivity contribution < 1.29 is 9.15 Å². The smallest absolute Gasteiger partial charge is 0.262 e. The maximum absolute atomic E-state index is 13.1. The number of para-hydroxylation sites is 1. The topological polar surface area (TPSA) is 83.0 Å². The van der Waals surface area contributed by atoms with Crippen LogP contribution in [0.2, 0.25) is 5.02 Å². The molecule has 0 spiro atoms. The first-order valence-electron chi connectivity index (χ1n) is 10.3. The average molecular weight is 471 g/mol. The van der Waals surface area contributed by atoms with Crippen LogP contribution >= 0.6 is 23.4 Å². The van der Waals surface area contributed by atoms with Gasteiger partial charge < -0.3 is 9.15 Å². The van der Waals surface area contributed by atoms with Crippen molar-refractivity contribution in [2.75, 3.05) is 6.61 Å². The lowest BCUT2D eigenvalue weighted by molar-refractivity contribution is 0.0743. The van der Waals surface area contributed by atoms with Gasteiger partial charge in [-0.3, -0.25) is 9.36 Å². The van der Waals surface area contributed by atoms with Gasteiger partial charge in [-0.2, -0.15) is 0 Å². The van der Waals surface area contributed by atoms with Crippen LogP contribution in [-0.4, -0.2) is 32.5 Å². The monoisotopic (exact) mass is 470 g/mol. The lowest BCUT2D eigenvalue weighted by atomic mass is 10.2. The molecule has 0 saturated carbocycles. The predicted octanol–water partition coefficient (Wildman–Crippen LogP) is 5.21. The van der Waals surface area contributed by atoms with Crippen LogP contribution in [0.25, 0.3) is 22.4 Å². The van der Waals surface area contributed by atoms with Gasteiger partial charge in [0.2, 0.25) is 11.8 Å². The molecular formula is C23H23ClN4O3S. The number of ether oxygens (including phenoxy) is 1. The molecule has 2 aromatic carbocycles. The van der Waals surface area contributed by atoms with Gasteiger partial charge in [-0.1, -0.05) is 47.6 Å². The molecule has 0 atom stereocenters. The summed E-state index contributed by atoms with van der Waals surface area (Å²) in [5.41, 5.74) is 1.28. The van der Waals surface area contributed by atoms with E-state index in [2.05, 4.69) is 10.2 Å². The van der Waals surface area contributed by atoms with E-state index in [-0.39, 0.29) is 11.7 Å². The Morgan fingerprint density at radius 2 is 1.91 bits per heavy atom. The number of hydrogen-bond donors (Lipinski definition) is 0. The molecule has 0 radical (unpaired) electrons. The van der Waals surface area contributed by atoms with Crippen molar-refractivity contribution in [3.05, 3.63) is 69.8 Å². The second kappa shape index (κ2) is 10.3. The summed E-state index contributed by atoms with van der Waals surface area (Å²) in [5.74, 6) is 1.17. The highest BCUT2D eigenvalue weighted by Gasteiger charge is 2.15. The number of thioether (sulfide) groups is 1. The van der Waals surface area contributed by atoms with Gasteiger partial charge in [0.15, 0.2) is 5.16 Å². The first kappa shape index (κ1) is 22.5. The summed E-state index contributed by atoms with van der Waals surface area (Å²) in [6.07, 6.45) is 0.864. The van der Waals surface area contributed by atoms with Crippen molar-refractivity contribution in [3.8, 4) is 11.5 Å². The van der Waals surface area contributed by atoms with Crippen LogP contribution in [-0.2, 0) is 17.0 Å². The van der Waals surface area contributed by atoms with Crippen molar-refractivity contribution in [1.82, 2.24) is 19.7 Å². The van der Waals surface area contributed by atoms with Gasteiger partial charge >= 0.3 is 0 Å². The van der Waals surface area contributed by atoms with E-state index in [9.17, 15) is 4.79 Å². The minimum atomic E-state index is -0.0649. The van der Waals surface area contributed by atoms with Crippen molar-refractivity contribution in [2.45, 2.75) is 43.8 Å². The molecule has 0 aliphatic rings. The second-order valence-corrected chi connectivity index (χ2v) is 8.76. The molecule has 0 saturated heterocycles. The van der Waals surface area contributed by atoms with Gasteiger partial charge in [0.05, 0.1) is 33.3 Å². The molecule has 2 aromatic heterocycles. The Morgan fingerprint density at radius 3 is 2.72 bits per heavy atom. The number of benzene rings is 2. The van der Waals surface area contributed by atoms with Gasteiger partial charge in [0, 0.05) is 13.2 Å². The number of nitrogens with zero attached hydrogens (tertiary/aromatic N) is 4. The standard InChI is InChI=1S/C23H23ClN4O3S/c1-15(2)30-13-7-12-28-22(29)17-9-4-6-11-19(17)25-23(28)32-14-20-26-27-21(31-20)16-8-3-5-10-18(16)24/h3-6,8-11,15H,7,12-14H2,1-2H3. The van der Waals surface area contributed by atoms with Gasteiger partial charge in [-0.25, -0.2) is 4.98 Å². The van der Waals surface area contributed by atoms with Crippen molar-refractivity contribution >= 4 is 34.3 Å². The van der Waals surface area contributed by atoms with E-state index in [0.717, 1.165) is 0 Å². The minimum Gasteiger partial charge on any atom is -0.420 e. The summed E-state index contributed by atoms with van der Waals surface area (Å²) in [6, 6.07) is 14.7. The van der Waals surface area contributed by atoms with Crippen LogP contribution in [0.4, 0.5) is 0 Å². The number of rotatable bonds is 9. The zero-order valence-electron chi connectivity index (χ0n) is 17.8. The third-order valence-corrected chi connectivity index (χ3v) is 5.99. The van der Waals surface area contributed by atoms with E-state index >= 15 is 0 Å². The summed E-state index contributed by atoms with van der Waals surface area (Å²) < 4.78 is 13.1. The molecular weight excluding hydrogens is 448 g/mol. The van der Waals surface area contributed by atoms with Crippen LogP contribution in [0.1, 0.15) is 26.2 Å². The molecule has 0 bridgehead atoms. The van der Waals surface area contributed by atoms with Gasteiger partial charge in [0.1, 0.15) is 0 Å². The molecule has 2 heterocycles. The predicted molar refractivity (Wildman–Crippen MR) is 126 cm³/mol. The molecule has 166 valence electrons. The zero-order valence-corrected chi connectivity index (χ0v) is 19.4. The fourth-order valence-electron chi connectivity index (χ4n) is 3.18. The molecule has 7 nitrogen and oxygen atoms in total. The summed E-state index contributed by atoms with van der Waals surface area (Å²) in [5, 5.41) is 9.98. The summed E-state index contributed by atoms with van der Waals surface area (Å²) in [7, 11) is 0. The molecule has 4 aromatic rings. The van der Waals surface area contributed by atoms with E-state index < -0.39 is 0 Å². The highest BCUT2D eigenvalue weighted by atomic mass is 35.5. The maximum atomic E-state index is 13.1. The fourth-order valence-corrected chi connectivity index (χ4v) is 4.26. The lowest BCUT2D eigenvalue weighted by Gasteiger charge is -2.13. The number of halogens is 1. The van der Waals surface area contributed by atoms with Crippen molar-refractivity contribution in [3.63, 3.8) is 0 Å². The van der Waals surface area contributed by atoms with Gasteiger partial charge in [-0.15, -0.1) is 10.2 Å². The normalized spacial score (nSPS) is 11.5. The van der Waals surface area contributed by atoms with Gasteiger partial charge in [0.25, 0.3) is 5.56 Å². The average Bonchev–Trinajstić information content (AvgIpc) is 3.25. The second-order valence-electron chi connectivity index (χ2n) is 7.41. The largest absolute Gasteiger partial charge is 0.420 e. The first-order valence-corrected chi connectivity index (χ1v) is 11.7. The zero-order chi connectivity index (χ0) is 22.5. The quantitative estimate of drug-likeness (QED) is 0.189. The van der Waals surface area contributed by atoms with E-state index in [1.54, 1.807) is 16.7 Å². The van der Waals surface area contributed by atoms with Crippen LogP contribution in [0.3, 0.4) is 0 Å². The Hall–Kier alpha value is -2.68. The molecule has 0 aliphatic heterocycles. The summed E-state index contributed by atoms with van der Waals surface area (Å²) >= 11 is 7.61. The maximum Gasteiger partial charge on any atom is 0.262 e. The Bertz CT molecular complexity index is 1270. The number of hydrogen-bond acceptors (Lipinski definition) is 7. The first-order chi connectivity index (χ1) is 15.5. The fraction of sp³-hybridized carbons (Fsp3) is 0.304. The summed E-state index contributed by atoms with van der Waals surface area (Å²) in [4.78, 5) is 17.8. The van der Waals surface area contributed by atoms with Crippen LogP contribution in [0.5, 0.6) is 0 Å². The molecule has 0 amide bonds. The molecule has 0 unspecified atom stereocenters. The molecule has 0 fully saturated rings. The van der Waals surface area contributed by atoms with Crippen LogP contribution < -0.4 is 5.56 Å². The van der Waals surface area contributed by atoms with Crippen LogP contribution in [0, 0.1) is 0 Å². The highest BCUT2D eigenvalue weighted by molar-refractivity contribution is 7.98. The summed E-state index contributed by atoms with van der Waals surface area (Å²) in [6.45, 7) is 5.07. The van der Waals surface area contributed by atoms with Crippen molar-refractivity contribution in [1.29, 1.82) is 0 Å². The molecule has 9 heteroatoms. The number of fused-ring (bicyclic) bond motifs is 1. The van der Waals surface area contributed by atoms with Crippen molar-refractivity contribution in [2.24, 2.45) is 0 Å². The third kappa shape index (κ3) is 5.20. The van der Waals surface area contributed by atoms with Crippen LogP contribution in [0.15, 0.2) is 62.9 Å². The lowest BCUT2D eigenvalue weighted by Crippen LogP contribution is -2.24. The minimum absolute atomic E-state index is 0.0649.